The number of likely N-dealkylation sites (N-methyl/N-ethyl adjacent to an activating group) is 1. The Labute approximate surface area is 218 Å². The van der Waals surface area contributed by atoms with Crippen LogP contribution in [0.5, 0.6) is 11.5 Å². The van der Waals surface area contributed by atoms with Gasteiger partial charge in [0.2, 0.25) is 5.91 Å². The molecule has 3 aliphatic heterocycles. The molecule has 38 heavy (non-hydrogen) atoms. The Kier molecular flexibility index (Phi) is 6.01. The summed E-state index contributed by atoms with van der Waals surface area (Å²) < 4.78 is 35.8. The number of amides is 3. The van der Waals surface area contributed by atoms with E-state index in [1.54, 1.807) is 12.1 Å². The zero-order valence-electron chi connectivity index (χ0n) is 21.0. The molecular formula is C27H26F2N4O5. The van der Waals surface area contributed by atoms with Crippen LogP contribution in [0.15, 0.2) is 42.5 Å². The van der Waals surface area contributed by atoms with E-state index in [1.165, 1.54) is 29.0 Å². The summed E-state index contributed by atoms with van der Waals surface area (Å²) in [4.78, 5) is 46.8. The summed E-state index contributed by atoms with van der Waals surface area (Å²) in [6.45, 7) is 11.6. The first-order valence-corrected chi connectivity index (χ1v) is 12.2. The molecule has 5 rings (SSSR count). The maximum Gasteiger partial charge on any atom is 0.586 e. The minimum Gasteiger partial charge on any atom is -0.395 e. The standard InChI is InChI=1S/C27H26F2N4O5/c1-15(2)11-19(32(4)23(34)16-9-10-20-21(12-16)38-27(28,29)37-20)24(35)33-14-26(13-22(33)30-3)17-7-5-6-8-18(17)31-25(26)36/h5-10,12,15,19,22H,11,13-14H2,1-2,4H3,(H,31,36)/t19-,22-,26-/m0/s1. The molecule has 0 saturated carbocycles. The number of nitrogens with one attached hydrogen (secondary N) is 1. The van der Waals surface area contributed by atoms with Crippen LogP contribution in [-0.2, 0) is 15.0 Å². The quantitative estimate of drug-likeness (QED) is 0.600. The molecular weight excluding hydrogens is 498 g/mol. The summed E-state index contributed by atoms with van der Waals surface area (Å²) in [5.41, 5.74) is 0.401. The molecule has 1 spiro atoms. The van der Waals surface area contributed by atoms with Crippen LogP contribution in [0.2, 0.25) is 0 Å². The van der Waals surface area contributed by atoms with Gasteiger partial charge in [0.05, 0.1) is 6.42 Å². The lowest BCUT2D eigenvalue weighted by molar-refractivity contribution is -0.286. The van der Waals surface area contributed by atoms with Crippen molar-refractivity contribution in [3.63, 3.8) is 0 Å². The third kappa shape index (κ3) is 4.10. The predicted molar refractivity (Wildman–Crippen MR) is 131 cm³/mol. The number of hydrogen-bond acceptors (Lipinski definition) is 5. The third-order valence-electron chi connectivity index (χ3n) is 7.30. The van der Waals surface area contributed by atoms with Crippen molar-refractivity contribution in [1.82, 2.24) is 9.80 Å². The normalized spacial score (nSPS) is 23.2. The Hall–Kier alpha value is -4.20. The Morgan fingerprint density at radius 1 is 1.21 bits per heavy atom. The number of alkyl halides is 2. The second-order valence-corrected chi connectivity index (χ2v) is 10.3. The number of carbonyl (C=O) groups is 3. The lowest BCUT2D eigenvalue weighted by atomic mass is 9.80. The fourth-order valence-electron chi connectivity index (χ4n) is 5.45. The average Bonchev–Trinajstić information content (AvgIpc) is 3.51. The molecule has 3 heterocycles. The van der Waals surface area contributed by atoms with Crippen molar-refractivity contribution in [3.05, 3.63) is 65.0 Å². The second kappa shape index (κ2) is 8.97. The van der Waals surface area contributed by atoms with E-state index >= 15 is 0 Å². The van der Waals surface area contributed by atoms with Gasteiger partial charge in [-0.2, -0.15) is 0 Å². The molecule has 2 aromatic rings. The van der Waals surface area contributed by atoms with Crippen LogP contribution in [0.25, 0.3) is 4.85 Å². The van der Waals surface area contributed by atoms with E-state index in [1.807, 2.05) is 26.0 Å². The van der Waals surface area contributed by atoms with Crippen molar-refractivity contribution in [1.29, 1.82) is 0 Å². The first kappa shape index (κ1) is 25.4. The Bertz CT molecular complexity index is 1370. The van der Waals surface area contributed by atoms with Crippen LogP contribution in [0.4, 0.5) is 14.5 Å². The molecule has 2 aromatic carbocycles. The number of likely N-dealkylation sites (tertiary alicyclic amines) is 1. The van der Waals surface area contributed by atoms with E-state index in [9.17, 15) is 23.2 Å². The first-order valence-electron chi connectivity index (χ1n) is 12.2. The van der Waals surface area contributed by atoms with Crippen molar-refractivity contribution >= 4 is 23.4 Å². The Morgan fingerprint density at radius 3 is 2.63 bits per heavy atom. The van der Waals surface area contributed by atoms with E-state index in [-0.39, 0.29) is 41.9 Å². The summed E-state index contributed by atoms with van der Waals surface area (Å²) >= 11 is 0. The fraction of sp³-hybridized carbons (Fsp3) is 0.407. The minimum atomic E-state index is -3.82. The van der Waals surface area contributed by atoms with Crippen molar-refractivity contribution in [3.8, 4) is 11.5 Å². The number of anilines is 1. The number of fused-ring (bicyclic) bond motifs is 3. The molecule has 9 nitrogen and oxygen atoms in total. The lowest BCUT2D eigenvalue weighted by Crippen LogP contribution is -2.51. The van der Waals surface area contributed by atoms with Gasteiger partial charge in [-0.1, -0.05) is 32.0 Å². The number of benzene rings is 2. The van der Waals surface area contributed by atoms with Gasteiger partial charge in [0.1, 0.15) is 11.5 Å². The van der Waals surface area contributed by atoms with Gasteiger partial charge in [-0.05, 0) is 42.2 Å². The topological polar surface area (TPSA) is 92.5 Å². The highest BCUT2D eigenvalue weighted by molar-refractivity contribution is 6.07. The molecule has 0 aliphatic carbocycles. The number of ether oxygens (including phenoxy) is 2. The van der Waals surface area contributed by atoms with Gasteiger partial charge in [-0.3, -0.25) is 24.1 Å². The smallest absolute Gasteiger partial charge is 0.395 e. The summed E-state index contributed by atoms with van der Waals surface area (Å²) in [7, 11) is 1.46. The van der Waals surface area contributed by atoms with E-state index in [4.69, 9.17) is 6.57 Å². The van der Waals surface area contributed by atoms with Crippen LogP contribution in [0.1, 0.15) is 42.6 Å². The van der Waals surface area contributed by atoms with Crippen LogP contribution >= 0.6 is 0 Å². The van der Waals surface area contributed by atoms with E-state index < -0.39 is 35.7 Å². The van der Waals surface area contributed by atoms with Gasteiger partial charge in [-0.25, -0.2) is 6.57 Å². The van der Waals surface area contributed by atoms with E-state index in [2.05, 4.69) is 19.6 Å². The molecule has 3 aliphatic rings. The van der Waals surface area contributed by atoms with Gasteiger partial charge < -0.3 is 19.7 Å². The molecule has 0 radical (unpaired) electrons. The highest BCUT2D eigenvalue weighted by atomic mass is 19.3. The number of halogens is 2. The van der Waals surface area contributed by atoms with Crippen LogP contribution < -0.4 is 14.8 Å². The van der Waals surface area contributed by atoms with E-state index in [0.29, 0.717) is 12.1 Å². The summed E-state index contributed by atoms with van der Waals surface area (Å²) in [6.07, 6.45) is -4.27. The fourth-order valence-corrected chi connectivity index (χ4v) is 5.45. The van der Waals surface area contributed by atoms with Crippen LogP contribution in [0.3, 0.4) is 0 Å². The molecule has 1 fully saturated rings. The van der Waals surface area contributed by atoms with Crippen molar-refractivity contribution in [2.24, 2.45) is 5.92 Å². The number of nitrogens with zero attached hydrogens (tertiary/aromatic N) is 3. The number of carbonyl (C=O) groups excluding carboxylic acids is 3. The monoisotopic (exact) mass is 524 g/mol. The van der Waals surface area contributed by atoms with Crippen LogP contribution in [-0.4, -0.2) is 59.6 Å². The van der Waals surface area contributed by atoms with Gasteiger partial charge in [0.15, 0.2) is 11.5 Å². The minimum absolute atomic E-state index is 0.00750. The van der Waals surface area contributed by atoms with E-state index in [0.717, 1.165) is 11.6 Å². The number of rotatable bonds is 5. The van der Waals surface area contributed by atoms with Crippen molar-refractivity contribution in [2.75, 3.05) is 18.9 Å². The van der Waals surface area contributed by atoms with Crippen molar-refractivity contribution in [2.45, 2.75) is 50.6 Å². The highest BCUT2D eigenvalue weighted by Gasteiger charge is 2.59. The molecule has 3 amide bonds. The van der Waals surface area contributed by atoms with Crippen molar-refractivity contribution < 1.29 is 32.6 Å². The van der Waals surface area contributed by atoms with Gasteiger partial charge >= 0.3 is 12.5 Å². The SMILES string of the molecule is [C-]#[N+][C@@H]1C[C@@]2(CN1C(=O)[C@H](CC(C)C)N(C)C(=O)c1ccc3c(c1)OC(F)(F)O3)C(=O)Nc1ccccc12. The maximum atomic E-state index is 14.0. The molecule has 0 unspecified atom stereocenters. The largest absolute Gasteiger partial charge is 0.586 e. The van der Waals surface area contributed by atoms with Gasteiger partial charge in [-0.15, -0.1) is 8.78 Å². The Balaban J connectivity index is 1.43. The van der Waals surface area contributed by atoms with Gasteiger partial charge in [0, 0.05) is 24.8 Å². The highest BCUT2D eigenvalue weighted by Crippen LogP contribution is 2.47. The third-order valence-corrected chi connectivity index (χ3v) is 7.30. The zero-order chi connectivity index (χ0) is 27.4. The number of hydrogen-bond donors (Lipinski definition) is 1. The summed E-state index contributed by atoms with van der Waals surface area (Å²) in [6, 6.07) is 9.97. The van der Waals surface area contributed by atoms with Gasteiger partial charge in [0.25, 0.3) is 11.8 Å². The lowest BCUT2D eigenvalue weighted by Gasteiger charge is -2.32. The first-order chi connectivity index (χ1) is 18.0. The predicted octanol–water partition coefficient (Wildman–Crippen LogP) is 3.86. The number of para-hydroxylation sites is 1. The Morgan fingerprint density at radius 2 is 1.92 bits per heavy atom. The molecule has 0 bridgehead atoms. The summed E-state index contributed by atoms with van der Waals surface area (Å²) in [5, 5.41) is 2.86. The molecule has 3 atom stereocenters. The zero-order valence-corrected chi connectivity index (χ0v) is 21.0. The molecule has 1 N–H and O–H groups in total. The molecule has 1 saturated heterocycles. The molecule has 0 aromatic heterocycles. The average molecular weight is 525 g/mol. The second-order valence-electron chi connectivity index (χ2n) is 10.3. The summed E-state index contributed by atoms with van der Waals surface area (Å²) in [5.74, 6) is -1.75. The van der Waals surface area contributed by atoms with Crippen LogP contribution in [0, 0.1) is 12.5 Å². The maximum absolute atomic E-state index is 14.0. The molecule has 198 valence electrons. The molecule has 11 heteroatoms.